The van der Waals surface area contributed by atoms with Crippen LogP contribution in [-0.2, 0) is 0 Å². The number of carbonyl (C=O) groups is 2. The summed E-state index contributed by atoms with van der Waals surface area (Å²) in [6.07, 6.45) is 43.4. The maximum atomic E-state index is 12.8. The van der Waals surface area contributed by atoms with Crippen LogP contribution in [0.3, 0.4) is 0 Å². The van der Waals surface area contributed by atoms with Crippen LogP contribution in [0.1, 0.15) is 214 Å². The molecule has 1 aromatic rings. The van der Waals surface area contributed by atoms with Crippen molar-refractivity contribution in [3.63, 3.8) is 0 Å². The predicted octanol–water partition coefficient (Wildman–Crippen LogP) is 14.2. The molecule has 0 unspecified atom stereocenters. The van der Waals surface area contributed by atoms with Crippen LogP contribution < -0.4 is 0 Å². The Morgan fingerprint density at radius 1 is 0.488 bits per heavy atom. The Kier molecular flexibility index (Phi) is 28.1. The molecule has 0 radical (unpaired) electrons. The fraction of sp³-hybridized carbons (Fsp3) is 0.750. The van der Waals surface area contributed by atoms with E-state index in [0.29, 0.717) is 23.3 Å². The molecule has 0 bridgehead atoms. The number of rotatable bonds is 32. The van der Waals surface area contributed by atoms with Gasteiger partial charge in [-0.15, -0.1) is 11.3 Å². The van der Waals surface area contributed by atoms with Crippen molar-refractivity contribution in [3.05, 3.63) is 46.2 Å². The van der Waals surface area contributed by atoms with E-state index in [0.717, 1.165) is 25.7 Å². The second-order valence-electron chi connectivity index (χ2n) is 12.7. The van der Waals surface area contributed by atoms with Gasteiger partial charge in [-0.1, -0.05) is 141 Å². The van der Waals surface area contributed by atoms with E-state index >= 15 is 0 Å². The molecular weight excluding hydrogens is 545 g/mol. The first-order valence-corrected chi connectivity index (χ1v) is 19.5. The summed E-state index contributed by atoms with van der Waals surface area (Å²) in [5.74, 6) is 0.326. The molecule has 1 heterocycles. The van der Waals surface area contributed by atoms with Gasteiger partial charge in [-0.3, -0.25) is 9.59 Å². The zero-order valence-electron chi connectivity index (χ0n) is 28.5. The van der Waals surface area contributed by atoms with Crippen LogP contribution in [0, 0.1) is 0 Å². The first-order chi connectivity index (χ1) is 21.2. The van der Waals surface area contributed by atoms with Gasteiger partial charge in [-0.05, 0) is 75.7 Å². The summed E-state index contributed by atoms with van der Waals surface area (Å²) < 4.78 is 0. The second kappa shape index (κ2) is 30.5. The van der Waals surface area contributed by atoms with Gasteiger partial charge in [-0.2, -0.15) is 0 Å². The molecular formula is C40H68O2S. The van der Waals surface area contributed by atoms with E-state index in [2.05, 4.69) is 38.2 Å². The molecule has 0 amide bonds. The molecule has 2 nitrogen and oxygen atoms in total. The van der Waals surface area contributed by atoms with Crippen LogP contribution >= 0.6 is 11.3 Å². The molecule has 0 aromatic carbocycles. The van der Waals surface area contributed by atoms with Crippen LogP contribution in [0.15, 0.2) is 35.8 Å². The third-order valence-corrected chi connectivity index (χ3v) is 9.51. The van der Waals surface area contributed by atoms with E-state index < -0.39 is 0 Å². The Hall–Kier alpha value is -1.48. The molecule has 0 aliphatic rings. The lowest BCUT2D eigenvalue weighted by molar-refractivity contribution is 0.0949. The summed E-state index contributed by atoms with van der Waals surface area (Å²) >= 11 is 1.45. The highest BCUT2D eigenvalue weighted by Crippen LogP contribution is 2.23. The van der Waals surface area contributed by atoms with Crippen molar-refractivity contribution >= 4 is 22.9 Å². The van der Waals surface area contributed by atoms with Gasteiger partial charge >= 0.3 is 0 Å². The number of allylic oxidation sites excluding steroid dienone is 4. The third kappa shape index (κ3) is 23.6. The molecule has 1 rings (SSSR count). The maximum absolute atomic E-state index is 12.8. The van der Waals surface area contributed by atoms with Crippen LogP contribution in [0.2, 0.25) is 0 Å². The van der Waals surface area contributed by atoms with Crippen molar-refractivity contribution in [2.75, 3.05) is 0 Å². The molecule has 0 fully saturated rings. The van der Waals surface area contributed by atoms with Gasteiger partial charge in [0.2, 0.25) is 0 Å². The fourth-order valence-corrected chi connectivity index (χ4v) is 6.59. The topological polar surface area (TPSA) is 34.1 Å². The maximum Gasteiger partial charge on any atom is 0.173 e. The quantitative estimate of drug-likeness (QED) is 0.0461. The molecule has 246 valence electrons. The van der Waals surface area contributed by atoms with Crippen LogP contribution in [-0.4, -0.2) is 11.6 Å². The van der Waals surface area contributed by atoms with Crippen molar-refractivity contribution in [3.8, 4) is 0 Å². The Bertz CT molecular complexity index is 767. The van der Waals surface area contributed by atoms with Crippen molar-refractivity contribution in [1.29, 1.82) is 0 Å². The minimum atomic E-state index is 0.159. The fourth-order valence-electron chi connectivity index (χ4n) is 5.71. The number of ketones is 2. The average Bonchev–Trinajstić information content (AvgIpc) is 3.51. The Morgan fingerprint density at radius 2 is 0.837 bits per heavy atom. The Labute approximate surface area is 271 Å². The third-order valence-electron chi connectivity index (χ3n) is 8.55. The molecule has 0 N–H and O–H groups in total. The smallest absolute Gasteiger partial charge is 0.173 e. The predicted molar refractivity (Wildman–Crippen MR) is 192 cm³/mol. The highest BCUT2D eigenvalue weighted by molar-refractivity contribution is 7.12. The van der Waals surface area contributed by atoms with Crippen LogP contribution in [0.5, 0.6) is 0 Å². The summed E-state index contributed by atoms with van der Waals surface area (Å²) in [7, 11) is 0. The lowest BCUT2D eigenvalue weighted by atomic mass is 10.0. The van der Waals surface area contributed by atoms with Crippen molar-refractivity contribution in [2.45, 2.75) is 194 Å². The van der Waals surface area contributed by atoms with E-state index in [-0.39, 0.29) is 11.6 Å². The monoisotopic (exact) mass is 612 g/mol. The zero-order chi connectivity index (χ0) is 31.1. The van der Waals surface area contributed by atoms with Crippen molar-refractivity contribution < 1.29 is 9.59 Å². The van der Waals surface area contributed by atoms with Gasteiger partial charge < -0.3 is 0 Å². The highest BCUT2D eigenvalue weighted by atomic mass is 32.1. The highest BCUT2D eigenvalue weighted by Gasteiger charge is 2.18. The molecule has 3 heteroatoms. The van der Waals surface area contributed by atoms with Crippen molar-refractivity contribution in [2.24, 2.45) is 0 Å². The number of carbonyl (C=O) groups excluding carboxylic acids is 2. The van der Waals surface area contributed by atoms with E-state index in [4.69, 9.17) is 0 Å². The molecule has 0 saturated heterocycles. The molecule has 0 aliphatic carbocycles. The summed E-state index contributed by atoms with van der Waals surface area (Å²) in [6, 6.07) is 1.87. The van der Waals surface area contributed by atoms with Gasteiger partial charge in [0.25, 0.3) is 0 Å². The number of unbranched alkanes of at least 4 members (excludes halogenated alkanes) is 22. The molecule has 1 aromatic heterocycles. The zero-order valence-corrected chi connectivity index (χ0v) is 29.3. The molecule has 0 aliphatic heterocycles. The number of thiophene rings is 1. The lowest BCUT2D eigenvalue weighted by Gasteiger charge is -2.04. The molecule has 43 heavy (non-hydrogen) atoms. The molecule has 0 atom stereocenters. The number of hydrogen-bond acceptors (Lipinski definition) is 3. The largest absolute Gasteiger partial charge is 0.294 e. The van der Waals surface area contributed by atoms with E-state index in [1.54, 1.807) is 0 Å². The van der Waals surface area contributed by atoms with Gasteiger partial charge in [0.15, 0.2) is 11.6 Å². The van der Waals surface area contributed by atoms with Gasteiger partial charge in [-0.25, -0.2) is 0 Å². The normalized spacial score (nSPS) is 11.8. The Balaban J connectivity index is 2.02. The average molecular weight is 613 g/mol. The first-order valence-electron chi connectivity index (χ1n) is 18.6. The minimum absolute atomic E-state index is 0.159. The number of hydrogen-bond donors (Lipinski definition) is 0. The summed E-state index contributed by atoms with van der Waals surface area (Å²) in [5, 5.41) is 1.92. The summed E-state index contributed by atoms with van der Waals surface area (Å²) in [5.41, 5.74) is 0.679. The number of Topliss-reactive ketones (excluding diaryl/α,β-unsaturated/α-hetero) is 2. The SMILES string of the molecule is CCCCCCCC/C=C\CCCCCCCC(=O)c1ccsc1C(=O)CCCCCCC/C=C\CCCCCCCC. The van der Waals surface area contributed by atoms with E-state index in [1.807, 2.05) is 11.4 Å². The van der Waals surface area contributed by atoms with Crippen LogP contribution in [0.25, 0.3) is 0 Å². The summed E-state index contributed by atoms with van der Waals surface area (Å²) in [6.45, 7) is 4.54. The summed E-state index contributed by atoms with van der Waals surface area (Å²) in [4.78, 5) is 26.3. The van der Waals surface area contributed by atoms with E-state index in [1.165, 1.54) is 153 Å². The van der Waals surface area contributed by atoms with Crippen molar-refractivity contribution in [1.82, 2.24) is 0 Å². The lowest BCUT2D eigenvalue weighted by Crippen LogP contribution is -2.06. The van der Waals surface area contributed by atoms with Crippen LogP contribution in [0.4, 0.5) is 0 Å². The first kappa shape index (κ1) is 39.5. The van der Waals surface area contributed by atoms with Gasteiger partial charge in [0, 0.05) is 18.4 Å². The second-order valence-corrected chi connectivity index (χ2v) is 13.6. The molecule has 0 spiro atoms. The van der Waals surface area contributed by atoms with E-state index in [9.17, 15) is 9.59 Å². The Morgan fingerprint density at radius 3 is 1.26 bits per heavy atom. The van der Waals surface area contributed by atoms with Gasteiger partial charge in [0.05, 0.1) is 4.88 Å². The standard InChI is InChI=1S/C40H68O2S/c1-3-5-7-9-11-13-15-17-19-21-23-25-27-29-31-33-38(41)37-35-36-43-40(37)39(42)34-32-30-28-26-24-22-20-18-16-14-12-10-8-6-4-2/h17-20,35-36H,3-16,21-34H2,1-2H3/b19-17-,20-18-. The molecule has 0 saturated carbocycles. The minimum Gasteiger partial charge on any atom is -0.294 e. The van der Waals surface area contributed by atoms with Gasteiger partial charge in [0.1, 0.15) is 0 Å².